The van der Waals surface area contributed by atoms with E-state index >= 15 is 0 Å². The molecule has 0 N–H and O–H groups in total. The lowest BCUT2D eigenvalue weighted by Gasteiger charge is -2.31. The van der Waals surface area contributed by atoms with Crippen molar-refractivity contribution in [2.24, 2.45) is 0 Å². The zero-order chi connectivity index (χ0) is 14.6. The molecule has 0 bridgehead atoms. The van der Waals surface area contributed by atoms with E-state index < -0.39 is 11.5 Å². The summed E-state index contributed by atoms with van der Waals surface area (Å²) in [5, 5.41) is 0. The van der Waals surface area contributed by atoms with Gasteiger partial charge in [-0.25, -0.2) is 11.4 Å². The van der Waals surface area contributed by atoms with Gasteiger partial charge in [0.2, 0.25) is 12.1 Å². The Labute approximate surface area is 118 Å². The van der Waals surface area contributed by atoms with Gasteiger partial charge in [-0.1, -0.05) is 18.2 Å². The lowest BCUT2D eigenvalue weighted by Crippen LogP contribution is -2.55. The van der Waals surface area contributed by atoms with Crippen LogP contribution in [0.15, 0.2) is 30.3 Å². The van der Waals surface area contributed by atoms with Crippen LogP contribution in [0.2, 0.25) is 0 Å². The van der Waals surface area contributed by atoms with Crippen LogP contribution >= 0.6 is 0 Å². The lowest BCUT2D eigenvalue weighted by atomic mass is 9.95. The molecule has 0 aromatic heterocycles. The predicted octanol–water partition coefficient (Wildman–Crippen LogP) is 1.75. The molecule has 1 fully saturated rings. The quantitative estimate of drug-likeness (QED) is 0.622. The van der Waals surface area contributed by atoms with E-state index in [0.717, 1.165) is 0 Å². The molecule has 0 saturated carbocycles. The molecule has 0 radical (unpaired) electrons. The van der Waals surface area contributed by atoms with Crippen molar-refractivity contribution in [2.75, 3.05) is 20.2 Å². The number of benzene rings is 1. The maximum absolute atomic E-state index is 12.6. The fraction of sp³-hybridized carbons (Fsp3) is 0.400. The van der Waals surface area contributed by atoms with Gasteiger partial charge in [0.15, 0.2) is 0 Å². The fourth-order valence-electron chi connectivity index (χ4n) is 2.67. The van der Waals surface area contributed by atoms with Crippen molar-refractivity contribution >= 4 is 11.9 Å². The summed E-state index contributed by atoms with van der Waals surface area (Å²) >= 11 is 0. The maximum Gasteiger partial charge on any atom is 0.339 e. The number of hydrogen-bond acceptors (Lipinski definition) is 3. The number of methoxy groups -OCH3 is 1. The molecule has 5 nitrogen and oxygen atoms in total. The second-order valence-electron chi connectivity index (χ2n) is 4.77. The summed E-state index contributed by atoms with van der Waals surface area (Å²) in [5.41, 5.74) is -0.615. The van der Waals surface area contributed by atoms with Gasteiger partial charge in [0.05, 0.1) is 7.11 Å². The number of esters is 1. The van der Waals surface area contributed by atoms with Crippen molar-refractivity contribution < 1.29 is 14.3 Å². The van der Waals surface area contributed by atoms with Crippen molar-refractivity contribution in [1.29, 1.82) is 0 Å². The molecule has 1 aliphatic rings. The van der Waals surface area contributed by atoms with Crippen LogP contribution in [0.1, 0.15) is 23.2 Å². The monoisotopic (exact) mass is 272 g/mol. The Balaban J connectivity index is 2.36. The Kier molecular flexibility index (Phi) is 4.04. The Morgan fingerprint density at radius 3 is 2.70 bits per heavy atom. The van der Waals surface area contributed by atoms with Crippen LogP contribution in [0.5, 0.6) is 0 Å². The summed E-state index contributed by atoms with van der Waals surface area (Å²) in [5.74, 6) is -0.729. The van der Waals surface area contributed by atoms with E-state index in [2.05, 4.69) is 4.85 Å². The van der Waals surface area contributed by atoms with Gasteiger partial charge in [-0.15, -0.1) is 0 Å². The van der Waals surface area contributed by atoms with Crippen molar-refractivity contribution in [3.8, 4) is 0 Å². The highest BCUT2D eigenvalue weighted by Gasteiger charge is 2.53. The summed E-state index contributed by atoms with van der Waals surface area (Å²) in [6, 6.07) is 8.80. The molecule has 1 saturated heterocycles. The van der Waals surface area contributed by atoms with E-state index in [1.165, 1.54) is 12.0 Å². The number of hydrogen-bond donors (Lipinski definition) is 0. The molecule has 1 aliphatic heterocycles. The minimum Gasteiger partial charge on any atom is -0.467 e. The van der Waals surface area contributed by atoms with Crippen LogP contribution in [0.4, 0.5) is 0 Å². The van der Waals surface area contributed by atoms with Gasteiger partial charge >= 0.3 is 5.97 Å². The maximum atomic E-state index is 12.6. The van der Waals surface area contributed by atoms with E-state index in [0.29, 0.717) is 24.9 Å². The van der Waals surface area contributed by atoms with Crippen LogP contribution in [0.25, 0.3) is 4.85 Å². The number of carbonyl (C=O) groups excluding carboxylic acids is 2. The molecule has 1 unspecified atom stereocenters. The minimum atomic E-state index is -1.14. The molecule has 1 aromatic carbocycles. The Hall–Kier alpha value is -2.35. The molecule has 104 valence electrons. The molecule has 20 heavy (non-hydrogen) atoms. The smallest absolute Gasteiger partial charge is 0.339 e. The van der Waals surface area contributed by atoms with Crippen LogP contribution in [-0.4, -0.2) is 42.5 Å². The van der Waals surface area contributed by atoms with Crippen LogP contribution in [0.3, 0.4) is 0 Å². The highest BCUT2D eigenvalue weighted by molar-refractivity contribution is 5.98. The molecule has 1 atom stereocenters. The number of ether oxygens (including phenoxy) is 1. The van der Waals surface area contributed by atoms with Crippen molar-refractivity contribution in [3.63, 3.8) is 0 Å². The van der Waals surface area contributed by atoms with E-state index in [1.807, 2.05) is 6.07 Å². The van der Waals surface area contributed by atoms with E-state index in [-0.39, 0.29) is 12.5 Å². The molecule has 0 aliphatic carbocycles. The first-order chi connectivity index (χ1) is 9.65. The van der Waals surface area contributed by atoms with Gasteiger partial charge in [0.1, 0.15) is 0 Å². The van der Waals surface area contributed by atoms with E-state index in [4.69, 9.17) is 11.3 Å². The van der Waals surface area contributed by atoms with Gasteiger partial charge < -0.3 is 14.5 Å². The standard InChI is InChI=1S/C15H16N2O3/c1-16-11-15(14(19)20-2)9-6-10-17(15)13(18)12-7-4-3-5-8-12/h3-5,7-8H,6,9-11H2,2H3. The van der Waals surface area contributed by atoms with E-state index in [1.54, 1.807) is 24.3 Å². The SMILES string of the molecule is [C-]#[N+]CC1(C(=O)OC)CCCN1C(=O)c1ccccc1. The predicted molar refractivity (Wildman–Crippen MR) is 72.9 cm³/mol. The summed E-state index contributed by atoms with van der Waals surface area (Å²) in [6.07, 6.45) is 1.17. The number of nitrogens with zero attached hydrogens (tertiary/aromatic N) is 2. The number of carbonyl (C=O) groups is 2. The van der Waals surface area contributed by atoms with Crippen LogP contribution in [0, 0.1) is 6.57 Å². The normalized spacial score (nSPS) is 21.3. The summed E-state index contributed by atoms with van der Waals surface area (Å²) < 4.78 is 4.83. The van der Waals surface area contributed by atoms with Gasteiger partial charge in [-0.05, 0) is 25.0 Å². The van der Waals surface area contributed by atoms with Gasteiger partial charge in [0, 0.05) is 12.1 Å². The largest absolute Gasteiger partial charge is 0.467 e. The second kappa shape index (κ2) is 5.74. The number of amides is 1. The first-order valence-electron chi connectivity index (χ1n) is 6.44. The average Bonchev–Trinajstić information content (AvgIpc) is 2.91. The first kappa shape index (κ1) is 14.1. The summed E-state index contributed by atoms with van der Waals surface area (Å²) in [4.78, 5) is 29.5. The summed E-state index contributed by atoms with van der Waals surface area (Å²) in [7, 11) is 1.29. The minimum absolute atomic E-state index is 0.0573. The third-order valence-electron chi connectivity index (χ3n) is 3.66. The molecular weight excluding hydrogens is 256 g/mol. The fourth-order valence-corrected chi connectivity index (χ4v) is 2.67. The molecule has 5 heteroatoms. The van der Waals surface area contributed by atoms with Crippen LogP contribution in [-0.2, 0) is 9.53 Å². The topological polar surface area (TPSA) is 51.0 Å². The number of likely N-dealkylation sites (tertiary alicyclic amines) is 1. The molecule has 1 amide bonds. The zero-order valence-electron chi connectivity index (χ0n) is 11.3. The Morgan fingerprint density at radius 1 is 1.40 bits per heavy atom. The number of rotatable bonds is 3. The van der Waals surface area contributed by atoms with E-state index in [9.17, 15) is 9.59 Å². The average molecular weight is 272 g/mol. The van der Waals surface area contributed by atoms with Gasteiger partial charge in [0.25, 0.3) is 5.91 Å². The third kappa shape index (κ3) is 2.25. The molecule has 0 spiro atoms. The summed E-state index contributed by atoms with van der Waals surface area (Å²) in [6.45, 7) is 7.49. The highest BCUT2D eigenvalue weighted by Crippen LogP contribution is 2.32. The molecule has 2 rings (SSSR count). The van der Waals surface area contributed by atoms with Crippen LogP contribution < -0.4 is 0 Å². The Bertz CT molecular complexity index is 550. The third-order valence-corrected chi connectivity index (χ3v) is 3.66. The first-order valence-corrected chi connectivity index (χ1v) is 6.44. The van der Waals surface area contributed by atoms with Crippen molar-refractivity contribution in [3.05, 3.63) is 47.3 Å². The Morgan fingerprint density at radius 2 is 2.10 bits per heavy atom. The second-order valence-corrected chi connectivity index (χ2v) is 4.77. The molecule has 1 heterocycles. The molecular formula is C15H16N2O3. The zero-order valence-corrected chi connectivity index (χ0v) is 11.3. The van der Waals surface area contributed by atoms with Crippen molar-refractivity contribution in [2.45, 2.75) is 18.4 Å². The molecule has 1 aromatic rings. The lowest BCUT2D eigenvalue weighted by molar-refractivity contribution is -0.151. The van der Waals surface area contributed by atoms with Gasteiger partial charge in [-0.3, -0.25) is 4.79 Å². The van der Waals surface area contributed by atoms with Gasteiger partial charge in [-0.2, -0.15) is 0 Å². The highest BCUT2D eigenvalue weighted by atomic mass is 16.5. The van der Waals surface area contributed by atoms with Crippen molar-refractivity contribution in [1.82, 2.24) is 4.90 Å².